The highest BCUT2D eigenvalue weighted by molar-refractivity contribution is 5.21. The molecule has 17 heavy (non-hydrogen) atoms. The lowest BCUT2D eigenvalue weighted by Crippen LogP contribution is -2.33. The summed E-state index contributed by atoms with van der Waals surface area (Å²) in [5.74, 6) is 1.19. The van der Waals surface area contributed by atoms with E-state index in [4.69, 9.17) is 14.2 Å². The predicted molar refractivity (Wildman–Crippen MR) is 65.7 cm³/mol. The van der Waals surface area contributed by atoms with Crippen LogP contribution in [0.5, 0.6) is 5.75 Å². The zero-order valence-electron chi connectivity index (χ0n) is 10.2. The molecule has 3 nitrogen and oxygen atoms in total. The third-order valence-corrected chi connectivity index (χ3v) is 2.52. The summed E-state index contributed by atoms with van der Waals surface area (Å²) < 4.78 is 16.7. The summed E-state index contributed by atoms with van der Waals surface area (Å²) in [6, 6.07) is 9.73. The zero-order valence-corrected chi connectivity index (χ0v) is 10.2. The molecule has 2 atom stereocenters. The highest BCUT2D eigenvalue weighted by Crippen LogP contribution is 2.18. The maximum atomic E-state index is 5.74. The van der Waals surface area contributed by atoms with Crippen molar-refractivity contribution in [2.75, 3.05) is 6.61 Å². The summed E-state index contributed by atoms with van der Waals surface area (Å²) in [6.45, 7) is 4.64. The Morgan fingerprint density at radius 3 is 2.71 bits per heavy atom. The van der Waals surface area contributed by atoms with Crippen molar-refractivity contribution in [2.24, 2.45) is 5.92 Å². The van der Waals surface area contributed by atoms with Crippen LogP contribution < -0.4 is 4.74 Å². The monoisotopic (exact) mass is 234 g/mol. The fourth-order valence-corrected chi connectivity index (χ4v) is 1.56. The van der Waals surface area contributed by atoms with Crippen molar-refractivity contribution in [2.45, 2.75) is 26.2 Å². The van der Waals surface area contributed by atoms with E-state index in [1.807, 2.05) is 36.4 Å². The lowest BCUT2D eigenvalue weighted by Gasteiger charge is -2.28. The number of hydrogen-bond donors (Lipinski definition) is 0. The predicted octanol–water partition coefficient (Wildman–Crippen LogP) is 2.98. The lowest BCUT2D eigenvalue weighted by molar-refractivity contribution is -0.172. The molecule has 1 aromatic carbocycles. The smallest absolute Gasteiger partial charge is 0.201 e. The van der Waals surface area contributed by atoms with Crippen LogP contribution in [0.15, 0.2) is 42.7 Å². The Morgan fingerprint density at radius 1 is 1.24 bits per heavy atom. The minimum atomic E-state index is -0.177. The minimum Gasteiger partial charge on any atom is -0.491 e. The maximum absolute atomic E-state index is 5.74. The fraction of sp³-hybridized carbons (Fsp3) is 0.429. The van der Waals surface area contributed by atoms with E-state index in [2.05, 4.69) is 13.8 Å². The van der Waals surface area contributed by atoms with Gasteiger partial charge in [0.15, 0.2) is 0 Å². The molecule has 0 aromatic heterocycles. The van der Waals surface area contributed by atoms with Crippen LogP contribution >= 0.6 is 0 Å². The molecular formula is C14H18O3. The lowest BCUT2D eigenvalue weighted by atomic mass is 10.2. The summed E-state index contributed by atoms with van der Waals surface area (Å²) in [4.78, 5) is 0. The molecule has 0 saturated heterocycles. The molecule has 1 heterocycles. The Morgan fingerprint density at radius 2 is 2.00 bits per heavy atom. The van der Waals surface area contributed by atoms with Crippen molar-refractivity contribution in [3.05, 3.63) is 42.7 Å². The van der Waals surface area contributed by atoms with Gasteiger partial charge in [-0.3, -0.25) is 0 Å². The molecule has 3 heteroatoms. The summed E-state index contributed by atoms with van der Waals surface area (Å²) in [7, 11) is 0. The van der Waals surface area contributed by atoms with E-state index < -0.39 is 0 Å². The van der Waals surface area contributed by atoms with E-state index in [1.54, 1.807) is 6.26 Å². The number of benzene rings is 1. The van der Waals surface area contributed by atoms with E-state index in [0.717, 1.165) is 5.75 Å². The first-order valence-electron chi connectivity index (χ1n) is 5.91. The summed E-state index contributed by atoms with van der Waals surface area (Å²) in [5.41, 5.74) is 0. The van der Waals surface area contributed by atoms with E-state index in [9.17, 15) is 0 Å². The molecule has 1 aliphatic heterocycles. The largest absolute Gasteiger partial charge is 0.491 e. The van der Waals surface area contributed by atoms with Gasteiger partial charge < -0.3 is 14.2 Å². The van der Waals surface area contributed by atoms with Gasteiger partial charge in [-0.2, -0.15) is 0 Å². The van der Waals surface area contributed by atoms with E-state index in [0.29, 0.717) is 12.5 Å². The van der Waals surface area contributed by atoms with Gasteiger partial charge in [-0.25, -0.2) is 0 Å². The number of rotatable bonds is 4. The molecular weight excluding hydrogens is 216 g/mol. The molecule has 0 saturated carbocycles. The second-order valence-electron chi connectivity index (χ2n) is 4.38. The van der Waals surface area contributed by atoms with E-state index >= 15 is 0 Å². The molecule has 0 spiro atoms. The minimum absolute atomic E-state index is 0.0450. The zero-order chi connectivity index (χ0) is 12.1. The normalized spacial score (nSPS) is 23.5. The summed E-state index contributed by atoms with van der Waals surface area (Å²) in [5, 5.41) is 0. The molecule has 2 rings (SSSR count). The van der Waals surface area contributed by atoms with E-state index in [-0.39, 0.29) is 12.4 Å². The van der Waals surface area contributed by atoms with Crippen LogP contribution in [-0.4, -0.2) is 19.0 Å². The van der Waals surface area contributed by atoms with Crippen molar-refractivity contribution in [1.29, 1.82) is 0 Å². The van der Waals surface area contributed by atoms with Crippen molar-refractivity contribution >= 4 is 0 Å². The van der Waals surface area contributed by atoms with Gasteiger partial charge in [0.25, 0.3) is 0 Å². The van der Waals surface area contributed by atoms with Crippen LogP contribution in [0.2, 0.25) is 0 Å². The highest BCUT2D eigenvalue weighted by Gasteiger charge is 2.22. The quantitative estimate of drug-likeness (QED) is 0.801. The van der Waals surface area contributed by atoms with Crippen molar-refractivity contribution in [3.8, 4) is 5.75 Å². The first kappa shape index (κ1) is 12.0. The summed E-state index contributed by atoms with van der Waals surface area (Å²) in [6.07, 6.45) is 3.36. The third kappa shape index (κ3) is 3.49. The van der Waals surface area contributed by atoms with Crippen LogP contribution in [0.25, 0.3) is 0 Å². The number of hydrogen-bond acceptors (Lipinski definition) is 3. The third-order valence-electron chi connectivity index (χ3n) is 2.52. The molecule has 0 bridgehead atoms. The topological polar surface area (TPSA) is 27.7 Å². The molecule has 1 aliphatic rings. The molecule has 0 radical (unpaired) electrons. The van der Waals surface area contributed by atoms with Crippen LogP contribution in [0, 0.1) is 5.92 Å². The van der Waals surface area contributed by atoms with Gasteiger partial charge in [0, 0.05) is 5.92 Å². The van der Waals surface area contributed by atoms with Crippen LogP contribution in [0.1, 0.15) is 13.8 Å². The molecule has 2 unspecified atom stereocenters. The van der Waals surface area contributed by atoms with Gasteiger partial charge in [-0.05, 0) is 18.2 Å². The fourth-order valence-electron chi connectivity index (χ4n) is 1.56. The van der Waals surface area contributed by atoms with Crippen molar-refractivity contribution in [3.63, 3.8) is 0 Å². The Balaban J connectivity index is 1.84. The first-order chi connectivity index (χ1) is 8.25. The standard InChI is InChI=1S/C14H18O3/c1-11(2)14-15-9-8-13(17-14)10-16-12-6-4-3-5-7-12/h3-9,11,13-14H,10H2,1-2H3. The van der Waals surface area contributed by atoms with Crippen molar-refractivity contribution in [1.82, 2.24) is 0 Å². The van der Waals surface area contributed by atoms with Gasteiger partial charge >= 0.3 is 0 Å². The number of para-hydroxylation sites is 1. The average Bonchev–Trinajstić information content (AvgIpc) is 2.38. The van der Waals surface area contributed by atoms with Gasteiger partial charge in [0.05, 0.1) is 6.26 Å². The second-order valence-corrected chi connectivity index (χ2v) is 4.38. The SMILES string of the molecule is CC(C)C1OC=CC(COc2ccccc2)O1. The van der Waals surface area contributed by atoms with Crippen LogP contribution in [0.3, 0.4) is 0 Å². The Bertz CT molecular complexity index is 359. The maximum Gasteiger partial charge on any atom is 0.201 e. The first-order valence-corrected chi connectivity index (χ1v) is 5.91. The molecule has 0 aliphatic carbocycles. The van der Waals surface area contributed by atoms with Crippen molar-refractivity contribution < 1.29 is 14.2 Å². The Hall–Kier alpha value is -1.48. The van der Waals surface area contributed by atoms with E-state index in [1.165, 1.54) is 0 Å². The van der Waals surface area contributed by atoms with Gasteiger partial charge in [-0.1, -0.05) is 32.0 Å². The van der Waals surface area contributed by atoms with Crippen LogP contribution in [0.4, 0.5) is 0 Å². The average molecular weight is 234 g/mol. The Labute approximate surface area is 102 Å². The molecule has 1 aromatic rings. The second kappa shape index (κ2) is 5.73. The molecule has 0 N–H and O–H groups in total. The molecule has 92 valence electrons. The Kier molecular flexibility index (Phi) is 4.04. The molecule has 0 amide bonds. The highest BCUT2D eigenvalue weighted by atomic mass is 16.7. The van der Waals surface area contributed by atoms with Crippen LogP contribution in [-0.2, 0) is 9.47 Å². The van der Waals surface area contributed by atoms with Gasteiger partial charge in [0.2, 0.25) is 6.29 Å². The van der Waals surface area contributed by atoms with Gasteiger partial charge in [0.1, 0.15) is 18.5 Å². The van der Waals surface area contributed by atoms with Gasteiger partial charge in [-0.15, -0.1) is 0 Å². The summed E-state index contributed by atoms with van der Waals surface area (Å²) >= 11 is 0. The molecule has 0 fully saturated rings. The number of ether oxygens (including phenoxy) is 3.